The molecule has 6 heteroatoms. The summed E-state index contributed by atoms with van der Waals surface area (Å²) in [4.78, 5) is 31.9. The molecular formula is C20H16N4O2. The molecule has 0 bridgehead atoms. The summed E-state index contributed by atoms with van der Waals surface area (Å²) in [6.07, 6.45) is 9.53. The standard InChI is InChI=1S/C20H16N4O2/c25-19(23-17-3-1-11-21-13-17)10-7-15-5-8-16(9-6-15)20(26)24-18-4-2-12-22-14-18/h1-14H,(H,23,25)(H,24,26)/b10-7+. The first-order valence-electron chi connectivity index (χ1n) is 7.91. The normalized spacial score (nSPS) is 10.5. The number of anilines is 2. The average molecular weight is 344 g/mol. The lowest BCUT2D eigenvalue weighted by Crippen LogP contribution is -2.11. The summed E-state index contributed by atoms with van der Waals surface area (Å²) in [5.41, 5.74) is 2.59. The molecule has 2 amide bonds. The highest BCUT2D eigenvalue weighted by Crippen LogP contribution is 2.10. The second kappa shape index (κ2) is 8.34. The number of pyridine rings is 2. The predicted molar refractivity (Wildman–Crippen MR) is 101 cm³/mol. The number of aromatic nitrogens is 2. The van der Waals surface area contributed by atoms with Crippen molar-refractivity contribution in [1.29, 1.82) is 0 Å². The van der Waals surface area contributed by atoms with Gasteiger partial charge in [0.25, 0.3) is 5.91 Å². The van der Waals surface area contributed by atoms with Crippen molar-refractivity contribution in [2.45, 2.75) is 0 Å². The zero-order valence-electron chi connectivity index (χ0n) is 13.8. The Morgan fingerprint density at radius 3 is 2.00 bits per heavy atom. The molecule has 128 valence electrons. The van der Waals surface area contributed by atoms with Gasteiger partial charge in [-0.2, -0.15) is 0 Å². The molecule has 3 rings (SSSR count). The Hall–Kier alpha value is -3.80. The highest BCUT2D eigenvalue weighted by molar-refractivity contribution is 6.04. The van der Waals surface area contributed by atoms with Crippen LogP contribution < -0.4 is 10.6 Å². The van der Waals surface area contributed by atoms with Gasteiger partial charge in [-0.25, -0.2) is 0 Å². The Balaban J connectivity index is 1.58. The molecule has 6 nitrogen and oxygen atoms in total. The number of carbonyl (C=O) groups is 2. The molecule has 2 N–H and O–H groups in total. The number of amides is 2. The van der Waals surface area contributed by atoms with E-state index in [1.54, 1.807) is 79.4 Å². The largest absolute Gasteiger partial charge is 0.321 e. The second-order valence-electron chi connectivity index (χ2n) is 5.38. The quantitative estimate of drug-likeness (QED) is 0.695. The van der Waals surface area contributed by atoms with Crippen molar-refractivity contribution < 1.29 is 9.59 Å². The van der Waals surface area contributed by atoms with Gasteiger partial charge < -0.3 is 10.6 Å². The molecule has 0 fully saturated rings. The van der Waals surface area contributed by atoms with Gasteiger partial charge in [0, 0.05) is 24.0 Å². The Morgan fingerprint density at radius 1 is 0.808 bits per heavy atom. The molecule has 0 saturated carbocycles. The first-order chi connectivity index (χ1) is 12.7. The molecule has 2 aromatic heterocycles. The Labute approximate surface area is 150 Å². The van der Waals surface area contributed by atoms with Crippen LogP contribution in [0.25, 0.3) is 6.08 Å². The van der Waals surface area contributed by atoms with Gasteiger partial charge in [0.1, 0.15) is 0 Å². The van der Waals surface area contributed by atoms with E-state index in [2.05, 4.69) is 20.6 Å². The number of carbonyl (C=O) groups excluding carboxylic acids is 2. The number of nitrogens with zero attached hydrogens (tertiary/aromatic N) is 2. The molecule has 2 heterocycles. The fourth-order valence-electron chi connectivity index (χ4n) is 2.18. The molecule has 0 aliphatic carbocycles. The van der Waals surface area contributed by atoms with Crippen LogP contribution in [0, 0.1) is 0 Å². The third-order valence-electron chi connectivity index (χ3n) is 3.45. The highest BCUT2D eigenvalue weighted by atomic mass is 16.2. The van der Waals surface area contributed by atoms with E-state index >= 15 is 0 Å². The van der Waals surface area contributed by atoms with E-state index in [0.29, 0.717) is 16.9 Å². The van der Waals surface area contributed by atoms with Gasteiger partial charge >= 0.3 is 0 Å². The maximum Gasteiger partial charge on any atom is 0.255 e. The highest BCUT2D eigenvalue weighted by Gasteiger charge is 2.05. The minimum Gasteiger partial charge on any atom is -0.321 e. The first-order valence-corrected chi connectivity index (χ1v) is 7.91. The van der Waals surface area contributed by atoms with Gasteiger partial charge in [-0.1, -0.05) is 12.1 Å². The van der Waals surface area contributed by atoms with Crippen LogP contribution in [0.2, 0.25) is 0 Å². The second-order valence-corrected chi connectivity index (χ2v) is 5.38. The summed E-state index contributed by atoms with van der Waals surface area (Å²) in [6.45, 7) is 0. The van der Waals surface area contributed by atoms with Gasteiger partial charge in [-0.05, 0) is 48.0 Å². The summed E-state index contributed by atoms with van der Waals surface area (Å²) < 4.78 is 0. The van der Waals surface area contributed by atoms with Gasteiger partial charge in [0.15, 0.2) is 0 Å². The lowest BCUT2D eigenvalue weighted by atomic mass is 10.1. The Kier molecular flexibility index (Phi) is 5.47. The molecule has 3 aromatic rings. The first kappa shape index (κ1) is 17.0. The molecule has 0 spiro atoms. The monoisotopic (exact) mass is 344 g/mol. The van der Waals surface area contributed by atoms with Gasteiger partial charge in [0.05, 0.1) is 23.8 Å². The van der Waals surface area contributed by atoms with Crippen LogP contribution in [0.4, 0.5) is 11.4 Å². The van der Waals surface area contributed by atoms with Crippen LogP contribution >= 0.6 is 0 Å². The molecule has 26 heavy (non-hydrogen) atoms. The molecule has 0 aliphatic heterocycles. The maximum absolute atomic E-state index is 12.2. The molecule has 0 atom stereocenters. The minimum absolute atomic E-state index is 0.220. The number of benzene rings is 1. The SMILES string of the molecule is O=C(/C=C/c1ccc(C(=O)Nc2cccnc2)cc1)Nc1cccnc1. The van der Waals surface area contributed by atoms with Crippen LogP contribution in [-0.2, 0) is 4.79 Å². The number of hydrogen-bond acceptors (Lipinski definition) is 4. The summed E-state index contributed by atoms with van der Waals surface area (Å²) in [7, 11) is 0. The van der Waals surface area contributed by atoms with Crippen molar-refractivity contribution in [3.05, 3.63) is 90.5 Å². The topological polar surface area (TPSA) is 84.0 Å². The lowest BCUT2D eigenvalue weighted by molar-refractivity contribution is -0.111. The molecule has 1 aromatic carbocycles. The molecule has 0 saturated heterocycles. The number of rotatable bonds is 5. The zero-order chi connectivity index (χ0) is 18.2. The van der Waals surface area contributed by atoms with Crippen LogP contribution in [-0.4, -0.2) is 21.8 Å². The Bertz CT molecular complexity index is 908. The molecule has 0 unspecified atom stereocenters. The van der Waals surface area contributed by atoms with E-state index in [0.717, 1.165) is 5.56 Å². The van der Waals surface area contributed by atoms with Crippen molar-refractivity contribution in [3.8, 4) is 0 Å². The van der Waals surface area contributed by atoms with Crippen molar-refractivity contribution in [2.24, 2.45) is 0 Å². The van der Waals surface area contributed by atoms with Crippen LogP contribution in [0.3, 0.4) is 0 Å². The van der Waals surface area contributed by atoms with Crippen LogP contribution in [0.5, 0.6) is 0 Å². The van der Waals surface area contributed by atoms with E-state index < -0.39 is 0 Å². The van der Waals surface area contributed by atoms with E-state index in [-0.39, 0.29) is 11.8 Å². The van der Waals surface area contributed by atoms with E-state index in [1.165, 1.54) is 6.08 Å². The van der Waals surface area contributed by atoms with Crippen LogP contribution in [0.1, 0.15) is 15.9 Å². The van der Waals surface area contributed by atoms with E-state index in [4.69, 9.17) is 0 Å². The van der Waals surface area contributed by atoms with Crippen molar-refractivity contribution >= 4 is 29.3 Å². The van der Waals surface area contributed by atoms with Crippen molar-refractivity contribution in [3.63, 3.8) is 0 Å². The predicted octanol–water partition coefficient (Wildman–Crippen LogP) is 3.38. The number of hydrogen-bond donors (Lipinski definition) is 2. The Morgan fingerprint density at radius 2 is 1.42 bits per heavy atom. The fourth-order valence-corrected chi connectivity index (χ4v) is 2.18. The molecule has 0 radical (unpaired) electrons. The van der Waals surface area contributed by atoms with Gasteiger partial charge in [0.2, 0.25) is 5.91 Å². The zero-order valence-corrected chi connectivity index (χ0v) is 13.8. The average Bonchev–Trinajstić information content (AvgIpc) is 2.68. The summed E-state index contributed by atoms with van der Waals surface area (Å²) in [6, 6.07) is 14.0. The summed E-state index contributed by atoms with van der Waals surface area (Å²) in [5.74, 6) is -0.473. The van der Waals surface area contributed by atoms with Gasteiger partial charge in [-0.3, -0.25) is 19.6 Å². The third-order valence-corrected chi connectivity index (χ3v) is 3.45. The van der Waals surface area contributed by atoms with Crippen LogP contribution in [0.15, 0.2) is 79.4 Å². The third kappa shape index (κ3) is 4.85. The minimum atomic E-state index is -0.253. The number of nitrogens with one attached hydrogen (secondary N) is 2. The smallest absolute Gasteiger partial charge is 0.255 e. The summed E-state index contributed by atoms with van der Waals surface area (Å²) >= 11 is 0. The van der Waals surface area contributed by atoms with Crippen molar-refractivity contribution in [1.82, 2.24) is 9.97 Å². The molecule has 0 aliphatic rings. The summed E-state index contributed by atoms with van der Waals surface area (Å²) in [5, 5.41) is 5.48. The maximum atomic E-state index is 12.2. The fraction of sp³-hybridized carbons (Fsp3) is 0. The molecular weight excluding hydrogens is 328 g/mol. The van der Waals surface area contributed by atoms with E-state index in [1.807, 2.05) is 0 Å². The van der Waals surface area contributed by atoms with Gasteiger partial charge in [-0.15, -0.1) is 0 Å². The van der Waals surface area contributed by atoms with Crippen molar-refractivity contribution in [2.75, 3.05) is 10.6 Å². The lowest BCUT2D eigenvalue weighted by Gasteiger charge is -2.05. The van der Waals surface area contributed by atoms with E-state index in [9.17, 15) is 9.59 Å².